The molecule has 0 aliphatic carbocycles. The van der Waals surface area contributed by atoms with Crippen LogP contribution in [0.5, 0.6) is 0 Å². The molecule has 0 saturated carbocycles. The fourth-order valence-electron chi connectivity index (χ4n) is 3.12. The van der Waals surface area contributed by atoms with Crippen LogP contribution in [0.1, 0.15) is 28.3 Å². The van der Waals surface area contributed by atoms with Gasteiger partial charge in [0.2, 0.25) is 5.91 Å². The molecule has 6 heteroatoms. The fourth-order valence-corrected chi connectivity index (χ4v) is 3.12. The topological polar surface area (TPSA) is 58.4 Å². The van der Waals surface area contributed by atoms with Gasteiger partial charge in [-0.15, -0.1) is 24.8 Å². The van der Waals surface area contributed by atoms with Crippen LogP contribution in [0.4, 0.5) is 0 Å². The third-order valence-electron chi connectivity index (χ3n) is 4.66. The summed E-state index contributed by atoms with van der Waals surface area (Å²) in [6, 6.07) is 15.8. The predicted molar refractivity (Wildman–Crippen MR) is 111 cm³/mol. The van der Waals surface area contributed by atoms with Gasteiger partial charge in [-0.2, -0.15) is 0 Å². The summed E-state index contributed by atoms with van der Waals surface area (Å²) in [6.07, 6.45) is 1.08. The first kappa shape index (κ1) is 22.5. The quantitative estimate of drug-likeness (QED) is 0.817. The van der Waals surface area contributed by atoms with E-state index in [9.17, 15) is 4.79 Å². The predicted octanol–water partition coefficient (Wildman–Crippen LogP) is 3.01. The van der Waals surface area contributed by atoms with Crippen molar-refractivity contribution < 1.29 is 4.79 Å². The Morgan fingerprint density at radius 1 is 1.12 bits per heavy atom. The molecule has 26 heavy (non-hydrogen) atoms. The molecule has 0 radical (unpaired) electrons. The maximum atomic E-state index is 12.2. The summed E-state index contributed by atoms with van der Waals surface area (Å²) in [6.45, 7) is 5.49. The average molecular weight is 396 g/mol. The van der Waals surface area contributed by atoms with Crippen LogP contribution in [0.25, 0.3) is 0 Å². The molecule has 3 rings (SSSR count). The lowest BCUT2D eigenvalue weighted by atomic mass is 10.00. The average Bonchev–Trinajstić information content (AvgIpc) is 2.61. The minimum Gasteiger partial charge on any atom is -0.353 e. The Morgan fingerprint density at radius 2 is 1.77 bits per heavy atom. The molecule has 1 amide bonds. The van der Waals surface area contributed by atoms with Crippen molar-refractivity contribution in [2.24, 2.45) is 5.73 Å². The third-order valence-corrected chi connectivity index (χ3v) is 4.66. The van der Waals surface area contributed by atoms with Crippen LogP contribution in [-0.4, -0.2) is 30.4 Å². The molecule has 4 nitrogen and oxygen atoms in total. The molecule has 1 aliphatic heterocycles. The van der Waals surface area contributed by atoms with Crippen molar-refractivity contribution >= 4 is 30.7 Å². The number of hydrogen-bond acceptors (Lipinski definition) is 3. The van der Waals surface area contributed by atoms with E-state index in [1.807, 2.05) is 31.2 Å². The Morgan fingerprint density at radius 3 is 2.46 bits per heavy atom. The standard InChI is InChI=1S/C20H25N3O.2ClH/c1-15-6-8-17(9-7-15)19(21)20(24)22-11-13-23-12-10-16-4-2-3-5-18(16)14-23;;/h2-9,19H,10-14,21H2,1H3,(H,22,24);2*1H. The lowest BCUT2D eigenvalue weighted by Crippen LogP contribution is -2.40. The number of fused-ring (bicyclic) bond motifs is 1. The molecule has 0 fully saturated rings. The van der Waals surface area contributed by atoms with Crippen molar-refractivity contribution in [1.82, 2.24) is 10.2 Å². The highest BCUT2D eigenvalue weighted by atomic mass is 35.5. The Balaban J connectivity index is 0.00000169. The molecule has 142 valence electrons. The first-order chi connectivity index (χ1) is 11.6. The molecule has 1 aliphatic rings. The zero-order chi connectivity index (χ0) is 16.9. The van der Waals surface area contributed by atoms with Crippen LogP contribution in [0.2, 0.25) is 0 Å². The number of nitrogens with zero attached hydrogens (tertiary/aromatic N) is 1. The van der Waals surface area contributed by atoms with Crippen molar-refractivity contribution in [2.75, 3.05) is 19.6 Å². The molecular formula is C20H27Cl2N3O. The Labute approximate surface area is 168 Å². The van der Waals surface area contributed by atoms with Crippen LogP contribution < -0.4 is 11.1 Å². The molecular weight excluding hydrogens is 369 g/mol. The lowest BCUT2D eigenvalue weighted by Gasteiger charge is -2.28. The van der Waals surface area contributed by atoms with Crippen molar-refractivity contribution in [3.63, 3.8) is 0 Å². The summed E-state index contributed by atoms with van der Waals surface area (Å²) in [7, 11) is 0. The highest BCUT2D eigenvalue weighted by molar-refractivity contribution is 5.85. The van der Waals surface area contributed by atoms with Gasteiger partial charge in [-0.05, 0) is 30.0 Å². The summed E-state index contributed by atoms with van der Waals surface area (Å²) in [5.41, 5.74) is 10.9. The number of hydrogen-bond donors (Lipinski definition) is 2. The number of benzene rings is 2. The van der Waals surface area contributed by atoms with E-state index in [1.54, 1.807) is 0 Å². The number of rotatable bonds is 5. The van der Waals surface area contributed by atoms with Gasteiger partial charge in [-0.25, -0.2) is 0 Å². The van der Waals surface area contributed by atoms with Gasteiger partial charge >= 0.3 is 0 Å². The number of aryl methyl sites for hydroxylation is 1. The zero-order valence-electron chi connectivity index (χ0n) is 15.0. The molecule has 0 aromatic heterocycles. The lowest BCUT2D eigenvalue weighted by molar-refractivity contribution is -0.122. The van der Waals surface area contributed by atoms with Gasteiger partial charge < -0.3 is 11.1 Å². The highest BCUT2D eigenvalue weighted by Crippen LogP contribution is 2.18. The van der Waals surface area contributed by atoms with E-state index in [0.29, 0.717) is 6.54 Å². The van der Waals surface area contributed by atoms with Crippen molar-refractivity contribution in [3.05, 3.63) is 70.8 Å². The molecule has 0 saturated heterocycles. The van der Waals surface area contributed by atoms with Gasteiger partial charge in [-0.3, -0.25) is 9.69 Å². The second-order valence-electron chi connectivity index (χ2n) is 6.47. The molecule has 1 unspecified atom stereocenters. The van der Waals surface area contributed by atoms with E-state index in [2.05, 4.69) is 34.5 Å². The Bertz CT molecular complexity index is 706. The van der Waals surface area contributed by atoms with Crippen molar-refractivity contribution in [3.8, 4) is 0 Å². The maximum Gasteiger partial charge on any atom is 0.241 e. The second kappa shape index (κ2) is 10.5. The molecule has 0 bridgehead atoms. The first-order valence-electron chi connectivity index (χ1n) is 8.52. The number of nitrogens with one attached hydrogen (secondary N) is 1. The van der Waals surface area contributed by atoms with Gasteiger partial charge in [0, 0.05) is 26.2 Å². The maximum absolute atomic E-state index is 12.2. The molecule has 0 spiro atoms. The number of carbonyl (C=O) groups is 1. The molecule has 3 N–H and O–H groups in total. The number of amides is 1. The summed E-state index contributed by atoms with van der Waals surface area (Å²) in [5.74, 6) is -0.115. The monoisotopic (exact) mass is 395 g/mol. The molecule has 1 heterocycles. The molecule has 2 aromatic rings. The summed E-state index contributed by atoms with van der Waals surface area (Å²) < 4.78 is 0. The van der Waals surface area contributed by atoms with Crippen molar-refractivity contribution in [2.45, 2.75) is 25.9 Å². The number of carbonyl (C=O) groups excluding carboxylic acids is 1. The largest absolute Gasteiger partial charge is 0.353 e. The Kier molecular flexibility index (Phi) is 9.09. The highest BCUT2D eigenvalue weighted by Gasteiger charge is 2.17. The summed E-state index contributed by atoms with van der Waals surface area (Å²) >= 11 is 0. The van der Waals surface area contributed by atoms with Crippen molar-refractivity contribution in [1.29, 1.82) is 0 Å². The minimum atomic E-state index is -0.604. The number of halogens is 2. The third kappa shape index (κ3) is 5.71. The summed E-state index contributed by atoms with van der Waals surface area (Å²) in [5, 5.41) is 2.96. The van der Waals surface area contributed by atoms with Gasteiger partial charge in [0.25, 0.3) is 0 Å². The minimum absolute atomic E-state index is 0. The second-order valence-corrected chi connectivity index (χ2v) is 6.47. The normalized spacial score (nSPS) is 14.4. The zero-order valence-corrected chi connectivity index (χ0v) is 16.6. The van der Waals surface area contributed by atoms with E-state index in [0.717, 1.165) is 37.2 Å². The van der Waals surface area contributed by atoms with E-state index >= 15 is 0 Å². The molecule has 1 atom stereocenters. The van der Waals surface area contributed by atoms with Crippen LogP contribution >= 0.6 is 24.8 Å². The van der Waals surface area contributed by atoms with E-state index in [4.69, 9.17) is 5.73 Å². The van der Waals surface area contributed by atoms with Crippen LogP contribution in [-0.2, 0) is 17.8 Å². The SMILES string of the molecule is Cc1ccc(C(N)C(=O)NCCN2CCc3ccccc3C2)cc1.Cl.Cl. The molecule has 2 aromatic carbocycles. The van der Waals surface area contributed by atoms with E-state index in [-0.39, 0.29) is 30.7 Å². The Hall–Kier alpha value is -1.59. The fraction of sp³-hybridized carbons (Fsp3) is 0.350. The van der Waals surface area contributed by atoms with Gasteiger partial charge in [-0.1, -0.05) is 54.1 Å². The van der Waals surface area contributed by atoms with Gasteiger partial charge in [0.1, 0.15) is 6.04 Å². The van der Waals surface area contributed by atoms with Crippen LogP contribution in [0.15, 0.2) is 48.5 Å². The van der Waals surface area contributed by atoms with Gasteiger partial charge in [0.05, 0.1) is 0 Å². The van der Waals surface area contributed by atoms with E-state index in [1.165, 1.54) is 11.1 Å². The van der Waals surface area contributed by atoms with E-state index < -0.39 is 6.04 Å². The van der Waals surface area contributed by atoms with Gasteiger partial charge in [0.15, 0.2) is 0 Å². The smallest absolute Gasteiger partial charge is 0.241 e. The van der Waals surface area contributed by atoms with Crippen LogP contribution in [0, 0.1) is 6.92 Å². The van der Waals surface area contributed by atoms with Crippen LogP contribution in [0.3, 0.4) is 0 Å². The number of nitrogens with two attached hydrogens (primary N) is 1. The summed E-state index contributed by atoms with van der Waals surface area (Å²) in [4.78, 5) is 14.6. The first-order valence-corrected chi connectivity index (χ1v) is 8.52.